The average molecular weight is 322 g/mol. The molecule has 110 valence electrons. The van der Waals surface area contributed by atoms with Gasteiger partial charge in [-0.15, -0.1) is 0 Å². The molecule has 4 nitrogen and oxygen atoms in total. The number of pyridine rings is 1. The molecule has 0 unspecified atom stereocenters. The van der Waals surface area contributed by atoms with Crippen LogP contribution in [0.1, 0.15) is 15.9 Å². The minimum absolute atomic E-state index is 0. The van der Waals surface area contributed by atoms with Crippen LogP contribution < -0.4 is 34.7 Å². The number of carbonyl (C=O) groups is 1. The molecule has 0 radical (unpaired) electrons. The summed E-state index contributed by atoms with van der Waals surface area (Å²) in [5, 5.41) is 20.4. The molecule has 0 amide bonds. The summed E-state index contributed by atoms with van der Waals surface area (Å²) in [5.74, 6) is -1.25. The van der Waals surface area contributed by atoms with E-state index in [0.29, 0.717) is 16.8 Å². The molecule has 2 aromatic carbocycles. The molecule has 3 rings (SSSR count). The normalized spacial score (nSPS) is 9.62. The predicted molar refractivity (Wildman–Crippen MR) is 84.2 cm³/mol. The summed E-state index contributed by atoms with van der Waals surface area (Å²) in [6, 6.07) is 20.0. The maximum absolute atomic E-state index is 11.0. The monoisotopic (exact) mass is 322 g/mol. The molecule has 0 aliphatic rings. The fraction of sp³-hybridized carbons (Fsp3) is 0. The van der Waals surface area contributed by atoms with Crippen molar-refractivity contribution >= 4 is 5.97 Å². The third kappa shape index (κ3) is 3.72. The first-order valence-corrected chi connectivity index (χ1v) is 6.96. The van der Waals surface area contributed by atoms with Crippen molar-refractivity contribution in [3.05, 3.63) is 78.0 Å². The van der Waals surface area contributed by atoms with E-state index in [1.54, 1.807) is 6.07 Å². The molecule has 0 saturated heterocycles. The zero-order chi connectivity index (χ0) is 16.2. The van der Waals surface area contributed by atoms with Crippen LogP contribution in [0, 0.1) is 11.3 Å². The van der Waals surface area contributed by atoms with Crippen molar-refractivity contribution in [2.24, 2.45) is 0 Å². The second-order valence-corrected chi connectivity index (χ2v) is 4.96. The summed E-state index contributed by atoms with van der Waals surface area (Å²) in [4.78, 5) is 15.1. The number of nitrogens with zero attached hydrogens (tertiary/aromatic N) is 2. The number of rotatable bonds is 3. The minimum atomic E-state index is -1.25. The van der Waals surface area contributed by atoms with Crippen molar-refractivity contribution in [3.63, 3.8) is 0 Å². The van der Waals surface area contributed by atoms with Gasteiger partial charge in [-0.1, -0.05) is 42.5 Å². The number of carboxylic acids is 1. The van der Waals surface area contributed by atoms with Gasteiger partial charge in [0.2, 0.25) is 0 Å². The van der Waals surface area contributed by atoms with Crippen LogP contribution in [0.25, 0.3) is 22.4 Å². The number of carbonyl (C=O) groups excluding carboxylic acids is 1. The quantitative estimate of drug-likeness (QED) is 0.618. The summed E-state index contributed by atoms with van der Waals surface area (Å²) >= 11 is 0. The Hall–Kier alpha value is -2.45. The molecule has 5 heteroatoms. The Balaban J connectivity index is 0.00000208. The second kappa shape index (κ2) is 7.89. The average Bonchev–Trinajstić information content (AvgIpc) is 2.62. The van der Waals surface area contributed by atoms with Gasteiger partial charge in [0.25, 0.3) is 0 Å². The third-order valence-electron chi connectivity index (χ3n) is 3.52. The molecule has 1 aromatic heterocycles. The molecule has 24 heavy (non-hydrogen) atoms. The molecule has 3 aromatic rings. The maximum atomic E-state index is 11.0. The van der Waals surface area contributed by atoms with Gasteiger partial charge in [0.1, 0.15) is 0 Å². The van der Waals surface area contributed by atoms with Crippen molar-refractivity contribution in [1.29, 1.82) is 5.26 Å². The molecule has 0 fully saturated rings. The van der Waals surface area contributed by atoms with Gasteiger partial charge in [-0.25, -0.2) is 0 Å². The molecular formula is C19H11N2NaO2. The first-order valence-electron chi connectivity index (χ1n) is 6.96. The van der Waals surface area contributed by atoms with Gasteiger partial charge in [-0.2, -0.15) is 5.26 Å². The summed E-state index contributed by atoms with van der Waals surface area (Å²) in [7, 11) is 0. The van der Waals surface area contributed by atoms with Gasteiger partial charge in [0.05, 0.1) is 23.3 Å². The molecule has 0 spiro atoms. The van der Waals surface area contributed by atoms with Crippen LogP contribution in [0.15, 0.2) is 66.9 Å². The van der Waals surface area contributed by atoms with E-state index in [-0.39, 0.29) is 35.1 Å². The number of benzene rings is 2. The predicted octanol–water partition coefficient (Wildman–Crippen LogP) is -0.345. The summed E-state index contributed by atoms with van der Waals surface area (Å²) in [6.07, 6.45) is 1.41. The Kier molecular flexibility index (Phi) is 5.88. The Morgan fingerprint density at radius 2 is 1.75 bits per heavy atom. The van der Waals surface area contributed by atoms with E-state index in [1.165, 1.54) is 18.3 Å². The zero-order valence-corrected chi connectivity index (χ0v) is 15.1. The summed E-state index contributed by atoms with van der Waals surface area (Å²) in [6.45, 7) is 0. The van der Waals surface area contributed by atoms with Crippen LogP contribution in [-0.2, 0) is 0 Å². The molecule has 0 N–H and O–H groups in total. The molecule has 0 bridgehead atoms. The van der Waals surface area contributed by atoms with Gasteiger partial charge in [-0.05, 0) is 29.3 Å². The summed E-state index contributed by atoms with van der Waals surface area (Å²) in [5.41, 5.74) is 3.52. The minimum Gasteiger partial charge on any atom is -0.545 e. The van der Waals surface area contributed by atoms with Crippen molar-refractivity contribution in [2.45, 2.75) is 0 Å². The molecule has 0 saturated carbocycles. The van der Waals surface area contributed by atoms with Crippen LogP contribution in [0.2, 0.25) is 0 Å². The van der Waals surface area contributed by atoms with Crippen molar-refractivity contribution in [3.8, 4) is 28.5 Å². The topological polar surface area (TPSA) is 76.8 Å². The number of hydrogen-bond donors (Lipinski definition) is 0. The molecule has 0 atom stereocenters. The van der Waals surface area contributed by atoms with Gasteiger partial charge in [-0.3, -0.25) is 4.98 Å². The van der Waals surface area contributed by atoms with Crippen LogP contribution in [0.5, 0.6) is 0 Å². The molecule has 1 heterocycles. The number of carboxylic acid groups (broad SMARTS) is 1. The van der Waals surface area contributed by atoms with Crippen LogP contribution in [0.4, 0.5) is 0 Å². The van der Waals surface area contributed by atoms with Crippen molar-refractivity contribution in [2.75, 3.05) is 0 Å². The van der Waals surface area contributed by atoms with Gasteiger partial charge in [0.15, 0.2) is 0 Å². The van der Waals surface area contributed by atoms with E-state index in [2.05, 4.69) is 11.1 Å². The van der Waals surface area contributed by atoms with Crippen molar-refractivity contribution in [1.82, 2.24) is 4.98 Å². The molecule has 0 aliphatic heterocycles. The van der Waals surface area contributed by atoms with E-state index in [9.17, 15) is 15.2 Å². The molecular weight excluding hydrogens is 311 g/mol. The standard InChI is InChI=1S/C19H12N2O2.Na/c20-12-16-10-14(18-11-15(19(22)23)8-9-21-18)6-7-17(16)13-4-2-1-3-5-13;/h1-11H,(H,22,23);/q;+1/p-1. The Morgan fingerprint density at radius 3 is 2.42 bits per heavy atom. The van der Waals surface area contributed by atoms with Crippen LogP contribution in [-0.4, -0.2) is 11.0 Å². The van der Waals surface area contributed by atoms with E-state index in [4.69, 9.17) is 0 Å². The van der Waals surface area contributed by atoms with Crippen LogP contribution in [0.3, 0.4) is 0 Å². The third-order valence-corrected chi connectivity index (χ3v) is 3.52. The number of nitriles is 1. The van der Waals surface area contributed by atoms with Crippen LogP contribution >= 0.6 is 0 Å². The number of aromatic nitrogens is 1. The molecule has 0 aliphatic carbocycles. The first kappa shape index (κ1) is 17.9. The van der Waals surface area contributed by atoms with Crippen molar-refractivity contribution < 1.29 is 39.5 Å². The Morgan fingerprint density at radius 1 is 1.00 bits per heavy atom. The first-order chi connectivity index (χ1) is 11.2. The van der Waals surface area contributed by atoms with E-state index in [1.807, 2.05) is 42.5 Å². The summed E-state index contributed by atoms with van der Waals surface area (Å²) < 4.78 is 0. The second-order valence-electron chi connectivity index (χ2n) is 4.96. The Labute approximate surface area is 161 Å². The van der Waals surface area contributed by atoms with E-state index >= 15 is 0 Å². The number of hydrogen-bond acceptors (Lipinski definition) is 4. The zero-order valence-electron chi connectivity index (χ0n) is 13.1. The Bertz CT molecular complexity index is 918. The number of aromatic carboxylic acids is 1. The maximum Gasteiger partial charge on any atom is 1.00 e. The van der Waals surface area contributed by atoms with E-state index < -0.39 is 5.97 Å². The van der Waals surface area contributed by atoms with Gasteiger partial charge < -0.3 is 9.90 Å². The smallest absolute Gasteiger partial charge is 0.545 e. The van der Waals surface area contributed by atoms with Gasteiger partial charge in [0, 0.05) is 17.3 Å². The fourth-order valence-electron chi connectivity index (χ4n) is 2.38. The fourth-order valence-corrected chi connectivity index (χ4v) is 2.38. The SMILES string of the molecule is N#Cc1cc(-c2cc(C(=O)[O-])ccn2)ccc1-c1ccccc1.[Na+]. The van der Waals surface area contributed by atoms with E-state index in [0.717, 1.165) is 11.1 Å². The largest absolute Gasteiger partial charge is 1.00 e. The van der Waals surface area contributed by atoms with Gasteiger partial charge >= 0.3 is 29.6 Å².